The van der Waals surface area contributed by atoms with Crippen molar-refractivity contribution in [1.29, 1.82) is 0 Å². The summed E-state index contributed by atoms with van der Waals surface area (Å²) in [6, 6.07) is 0. The summed E-state index contributed by atoms with van der Waals surface area (Å²) < 4.78 is 0. The predicted octanol–water partition coefficient (Wildman–Crippen LogP) is -0.382. The van der Waals surface area contributed by atoms with E-state index in [0.29, 0.717) is 5.69 Å². The van der Waals surface area contributed by atoms with Crippen molar-refractivity contribution in [1.82, 2.24) is 15.1 Å². The summed E-state index contributed by atoms with van der Waals surface area (Å²) >= 11 is 0. The predicted molar refractivity (Wildman–Crippen MR) is 44.3 cm³/mol. The molecule has 0 aromatic carbocycles. The maximum Gasteiger partial charge on any atom is 0.246 e. The first kappa shape index (κ1) is 9.37. The molecule has 0 unspecified atom stereocenters. The van der Waals surface area contributed by atoms with E-state index in [1.54, 1.807) is 6.92 Å². The molecule has 0 aliphatic heterocycles. The number of carbonyl (C=O) groups excluding carboxylic acids is 2. The molecule has 0 N–H and O–H groups in total. The molecule has 1 aromatic rings. The van der Waals surface area contributed by atoms with Crippen LogP contribution in [0, 0.1) is 6.92 Å². The van der Waals surface area contributed by atoms with Gasteiger partial charge in [0.15, 0.2) is 0 Å². The Morgan fingerprint density at radius 1 is 1.38 bits per heavy atom. The summed E-state index contributed by atoms with van der Waals surface area (Å²) in [7, 11) is 0. The molecule has 2 amide bonds. The van der Waals surface area contributed by atoms with Crippen LogP contribution in [0.25, 0.3) is 0 Å². The molecule has 0 saturated heterocycles. The molecule has 6 nitrogen and oxygen atoms in total. The van der Waals surface area contributed by atoms with Crippen LogP contribution in [0.2, 0.25) is 0 Å². The van der Waals surface area contributed by atoms with Crippen LogP contribution in [0.15, 0.2) is 6.20 Å². The van der Waals surface area contributed by atoms with Crippen LogP contribution >= 0.6 is 0 Å². The van der Waals surface area contributed by atoms with Crippen LogP contribution in [0.5, 0.6) is 0 Å². The van der Waals surface area contributed by atoms with E-state index in [-0.39, 0.29) is 11.8 Å². The van der Waals surface area contributed by atoms with Gasteiger partial charge in [0.1, 0.15) is 0 Å². The quantitative estimate of drug-likeness (QED) is 0.593. The lowest BCUT2D eigenvalue weighted by Crippen LogP contribution is -2.44. The van der Waals surface area contributed by atoms with Crippen molar-refractivity contribution >= 4 is 11.8 Å². The lowest BCUT2D eigenvalue weighted by atomic mass is 10.5. The average Bonchev–Trinajstić information content (AvgIpc) is 2.35. The van der Waals surface area contributed by atoms with Gasteiger partial charge in [0.2, 0.25) is 11.8 Å². The molecule has 70 valence electrons. The second-order valence-electron chi connectivity index (χ2n) is 2.61. The van der Waals surface area contributed by atoms with Crippen molar-refractivity contribution in [2.75, 3.05) is 5.01 Å². The molecule has 0 spiro atoms. The zero-order chi connectivity index (χ0) is 10.0. The van der Waals surface area contributed by atoms with Gasteiger partial charge in [-0.15, -0.1) is 9.89 Å². The first-order valence-corrected chi connectivity index (χ1v) is 3.73. The number of aromatic nitrogens is 3. The average molecular weight is 182 g/mol. The molecule has 0 saturated carbocycles. The van der Waals surface area contributed by atoms with E-state index >= 15 is 0 Å². The van der Waals surface area contributed by atoms with Gasteiger partial charge in [-0.3, -0.25) is 9.59 Å². The van der Waals surface area contributed by atoms with Gasteiger partial charge in [-0.25, -0.2) is 0 Å². The molecule has 0 fully saturated rings. The number of aryl methyl sites for hydroxylation is 1. The largest absolute Gasteiger partial charge is 0.273 e. The summed E-state index contributed by atoms with van der Waals surface area (Å²) in [5, 5.41) is 8.10. The van der Waals surface area contributed by atoms with Crippen LogP contribution in [-0.4, -0.2) is 26.9 Å². The molecule has 0 radical (unpaired) electrons. The standard InChI is InChI=1S/C7H10N4O2/c1-5-4-8-9-11(5)10(6(2)12)7(3)13/h4H,1-3H3. The molecule has 0 aliphatic carbocycles. The third-order valence-corrected chi connectivity index (χ3v) is 1.48. The van der Waals surface area contributed by atoms with Crippen LogP contribution in [0.3, 0.4) is 0 Å². The van der Waals surface area contributed by atoms with Crippen molar-refractivity contribution in [2.24, 2.45) is 0 Å². The van der Waals surface area contributed by atoms with Gasteiger partial charge in [-0.2, -0.15) is 5.01 Å². The molecule has 0 atom stereocenters. The van der Waals surface area contributed by atoms with Crippen molar-refractivity contribution in [3.05, 3.63) is 11.9 Å². The zero-order valence-corrected chi connectivity index (χ0v) is 7.68. The SMILES string of the molecule is CC(=O)N(C(C)=O)n1nncc1C. The minimum atomic E-state index is -0.388. The molecule has 0 aliphatic rings. The number of hydrogen-bond acceptors (Lipinski definition) is 4. The zero-order valence-electron chi connectivity index (χ0n) is 7.68. The molecule has 0 bridgehead atoms. The molecule has 6 heteroatoms. The fourth-order valence-electron chi connectivity index (χ4n) is 0.967. The van der Waals surface area contributed by atoms with Crippen LogP contribution < -0.4 is 5.01 Å². The van der Waals surface area contributed by atoms with Crippen LogP contribution in [-0.2, 0) is 9.59 Å². The smallest absolute Gasteiger partial charge is 0.246 e. The van der Waals surface area contributed by atoms with E-state index in [9.17, 15) is 9.59 Å². The molecule has 1 heterocycles. The summed E-state index contributed by atoms with van der Waals surface area (Å²) in [4.78, 5) is 23.3. The summed E-state index contributed by atoms with van der Waals surface area (Å²) in [6.07, 6.45) is 1.47. The third kappa shape index (κ3) is 1.71. The molecular formula is C7H10N4O2. The Bertz CT molecular complexity index is 330. The number of imide groups is 1. The Labute approximate surface area is 75.1 Å². The number of rotatable bonds is 1. The second kappa shape index (κ2) is 3.34. The fourth-order valence-corrected chi connectivity index (χ4v) is 0.967. The van der Waals surface area contributed by atoms with Gasteiger partial charge in [0.25, 0.3) is 0 Å². The summed E-state index contributed by atoms with van der Waals surface area (Å²) in [6.45, 7) is 4.30. The minimum absolute atomic E-state index is 0.388. The molecule has 1 rings (SSSR count). The van der Waals surface area contributed by atoms with Crippen molar-refractivity contribution in [3.8, 4) is 0 Å². The summed E-state index contributed by atoms with van der Waals surface area (Å²) in [5.74, 6) is -0.776. The number of hydrogen-bond donors (Lipinski definition) is 0. The lowest BCUT2D eigenvalue weighted by Gasteiger charge is -2.16. The van der Waals surface area contributed by atoms with E-state index in [2.05, 4.69) is 10.3 Å². The van der Waals surface area contributed by atoms with Gasteiger partial charge >= 0.3 is 0 Å². The Hall–Kier alpha value is -1.72. The van der Waals surface area contributed by atoms with Gasteiger partial charge in [-0.05, 0) is 12.1 Å². The van der Waals surface area contributed by atoms with Gasteiger partial charge in [0, 0.05) is 13.8 Å². The topological polar surface area (TPSA) is 68.1 Å². The highest BCUT2D eigenvalue weighted by atomic mass is 16.2. The lowest BCUT2D eigenvalue weighted by molar-refractivity contribution is -0.127. The van der Waals surface area contributed by atoms with E-state index in [1.807, 2.05) is 0 Å². The maximum absolute atomic E-state index is 11.1. The third-order valence-electron chi connectivity index (χ3n) is 1.48. The normalized spacial score (nSPS) is 9.77. The highest BCUT2D eigenvalue weighted by molar-refractivity contribution is 6.06. The number of amides is 2. The number of carbonyl (C=O) groups is 2. The van der Waals surface area contributed by atoms with Crippen LogP contribution in [0.4, 0.5) is 0 Å². The van der Waals surface area contributed by atoms with E-state index in [4.69, 9.17) is 0 Å². The number of nitrogens with zero attached hydrogens (tertiary/aromatic N) is 4. The summed E-state index contributed by atoms with van der Waals surface area (Å²) in [5.41, 5.74) is 0.630. The Morgan fingerprint density at radius 2 is 1.92 bits per heavy atom. The van der Waals surface area contributed by atoms with Gasteiger partial charge < -0.3 is 0 Å². The van der Waals surface area contributed by atoms with Gasteiger partial charge in [0.05, 0.1) is 11.9 Å². The highest BCUT2D eigenvalue weighted by Gasteiger charge is 2.18. The Balaban J connectivity index is 3.09. The van der Waals surface area contributed by atoms with E-state index < -0.39 is 0 Å². The Kier molecular flexibility index (Phi) is 2.41. The van der Waals surface area contributed by atoms with Crippen molar-refractivity contribution < 1.29 is 9.59 Å². The molecule has 1 aromatic heterocycles. The second-order valence-corrected chi connectivity index (χ2v) is 2.61. The molecule has 13 heavy (non-hydrogen) atoms. The van der Waals surface area contributed by atoms with Crippen molar-refractivity contribution in [3.63, 3.8) is 0 Å². The van der Waals surface area contributed by atoms with E-state index in [0.717, 1.165) is 5.01 Å². The van der Waals surface area contributed by atoms with Crippen molar-refractivity contribution in [2.45, 2.75) is 20.8 Å². The Morgan fingerprint density at radius 3 is 2.23 bits per heavy atom. The van der Waals surface area contributed by atoms with Crippen LogP contribution in [0.1, 0.15) is 19.5 Å². The highest BCUT2D eigenvalue weighted by Crippen LogP contribution is 1.96. The monoisotopic (exact) mass is 182 g/mol. The van der Waals surface area contributed by atoms with E-state index in [1.165, 1.54) is 24.8 Å². The fraction of sp³-hybridized carbons (Fsp3) is 0.429. The first-order valence-electron chi connectivity index (χ1n) is 3.73. The maximum atomic E-state index is 11.1. The molecular weight excluding hydrogens is 172 g/mol. The van der Waals surface area contributed by atoms with Gasteiger partial charge in [-0.1, -0.05) is 0 Å². The first-order chi connectivity index (χ1) is 6.04. The minimum Gasteiger partial charge on any atom is -0.273 e.